The molecule has 0 saturated carbocycles. The van der Waals surface area contributed by atoms with Crippen LogP contribution in [0.15, 0.2) is 34.5 Å². The monoisotopic (exact) mass is 403 g/mol. The van der Waals surface area contributed by atoms with Gasteiger partial charge in [-0.2, -0.15) is 0 Å². The van der Waals surface area contributed by atoms with E-state index in [9.17, 15) is 14.7 Å². The number of aliphatic imine (C=N–C) groups is 1. The van der Waals surface area contributed by atoms with Gasteiger partial charge in [0, 0.05) is 12.5 Å². The van der Waals surface area contributed by atoms with Gasteiger partial charge in [-0.25, -0.2) is 4.99 Å². The average Bonchev–Trinajstić information content (AvgIpc) is 2.67. The minimum Gasteiger partial charge on any atom is -0.511 e. The number of esters is 1. The number of benzene rings is 1. The predicted octanol–water partition coefficient (Wildman–Crippen LogP) is 4.18. The van der Waals surface area contributed by atoms with E-state index in [0.717, 1.165) is 0 Å². The summed E-state index contributed by atoms with van der Waals surface area (Å²) in [5.74, 6) is -0.943. The Morgan fingerprint density at radius 3 is 2.45 bits per heavy atom. The third kappa shape index (κ3) is 4.60. The zero-order chi connectivity index (χ0) is 21.8. The average molecular weight is 403 g/mol. The Bertz CT molecular complexity index is 853. The quantitative estimate of drug-likeness (QED) is 0.687. The molecule has 1 N–H and O–H groups in total. The van der Waals surface area contributed by atoms with Crippen molar-refractivity contribution in [1.29, 1.82) is 0 Å². The minimum absolute atomic E-state index is 0.0967. The Morgan fingerprint density at radius 1 is 1.21 bits per heavy atom. The van der Waals surface area contributed by atoms with E-state index in [1.165, 1.54) is 14.2 Å². The van der Waals surface area contributed by atoms with Gasteiger partial charge in [-0.1, -0.05) is 20.8 Å². The highest BCUT2D eigenvalue weighted by Crippen LogP contribution is 2.44. The molecule has 0 bridgehead atoms. The molecule has 0 amide bonds. The van der Waals surface area contributed by atoms with Crippen molar-refractivity contribution < 1.29 is 28.9 Å². The lowest BCUT2D eigenvalue weighted by Crippen LogP contribution is -2.41. The minimum atomic E-state index is -0.931. The third-order valence-electron chi connectivity index (χ3n) is 5.06. The van der Waals surface area contributed by atoms with E-state index in [4.69, 9.17) is 14.2 Å². The second-order valence-electron chi connectivity index (χ2n) is 7.65. The van der Waals surface area contributed by atoms with Gasteiger partial charge in [0.05, 0.1) is 32.6 Å². The second-order valence-corrected chi connectivity index (χ2v) is 7.65. The molecule has 1 aromatic carbocycles. The molecule has 7 nitrogen and oxygen atoms in total. The molecule has 0 saturated heterocycles. The summed E-state index contributed by atoms with van der Waals surface area (Å²) in [6.07, 6.45) is 1.17. The van der Waals surface area contributed by atoms with Crippen molar-refractivity contribution in [2.45, 2.75) is 40.0 Å². The largest absolute Gasteiger partial charge is 0.511 e. The van der Waals surface area contributed by atoms with Crippen LogP contribution in [0.25, 0.3) is 0 Å². The van der Waals surface area contributed by atoms with Gasteiger partial charge in [0.1, 0.15) is 28.9 Å². The maximum atomic E-state index is 12.8. The van der Waals surface area contributed by atoms with Crippen LogP contribution >= 0.6 is 0 Å². The van der Waals surface area contributed by atoms with E-state index in [1.54, 1.807) is 25.3 Å². The number of aliphatic hydroxyl groups excluding tert-OH is 1. The summed E-state index contributed by atoms with van der Waals surface area (Å²) in [6.45, 7) is 5.56. The van der Waals surface area contributed by atoms with Crippen LogP contribution in [0, 0.1) is 11.3 Å². The van der Waals surface area contributed by atoms with Crippen molar-refractivity contribution in [1.82, 2.24) is 0 Å². The second kappa shape index (κ2) is 9.11. The molecular weight excluding hydrogens is 374 g/mol. The van der Waals surface area contributed by atoms with E-state index >= 15 is 0 Å². The van der Waals surface area contributed by atoms with Crippen molar-refractivity contribution in [3.63, 3.8) is 0 Å². The number of Topliss-reactive ketones (excluding diaryl/α,β-unsaturated/α-hetero) is 1. The molecule has 158 valence electrons. The molecule has 0 spiro atoms. The fraction of sp³-hybridized carbons (Fsp3) is 0.500. The van der Waals surface area contributed by atoms with Gasteiger partial charge in [-0.3, -0.25) is 9.59 Å². The number of rotatable bonds is 7. The van der Waals surface area contributed by atoms with Crippen LogP contribution < -0.4 is 9.47 Å². The summed E-state index contributed by atoms with van der Waals surface area (Å²) in [4.78, 5) is 29.8. The van der Waals surface area contributed by atoms with Crippen LogP contribution in [-0.4, -0.2) is 43.9 Å². The summed E-state index contributed by atoms with van der Waals surface area (Å²) >= 11 is 0. The maximum Gasteiger partial charge on any atom is 0.316 e. The first-order chi connectivity index (χ1) is 13.7. The van der Waals surface area contributed by atoms with Crippen LogP contribution in [0.3, 0.4) is 0 Å². The fourth-order valence-electron chi connectivity index (χ4n) is 3.61. The molecule has 1 aliphatic rings. The first-order valence-electron chi connectivity index (χ1n) is 9.54. The van der Waals surface area contributed by atoms with Crippen LogP contribution in [0.4, 0.5) is 5.69 Å². The lowest BCUT2D eigenvalue weighted by Gasteiger charge is -2.37. The molecule has 0 aromatic heterocycles. The van der Waals surface area contributed by atoms with Gasteiger partial charge in [-0.15, -0.1) is 0 Å². The third-order valence-corrected chi connectivity index (χ3v) is 5.06. The Hall–Kier alpha value is -2.83. The zero-order valence-corrected chi connectivity index (χ0v) is 17.9. The molecule has 2 rings (SSSR count). The molecule has 0 aliphatic heterocycles. The van der Waals surface area contributed by atoms with Gasteiger partial charge in [-0.05, 0) is 30.4 Å². The normalized spacial score (nSPS) is 19.8. The van der Waals surface area contributed by atoms with E-state index in [-0.39, 0.29) is 23.5 Å². The number of carbonyl (C=O) groups is 2. The van der Waals surface area contributed by atoms with Crippen LogP contribution in [0.5, 0.6) is 11.5 Å². The van der Waals surface area contributed by atoms with Crippen LogP contribution in [0.2, 0.25) is 0 Å². The van der Waals surface area contributed by atoms with Crippen molar-refractivity contribution >= 4 is 23.2 Å². The van der Waals surface area contributed by atoms with Crippen molar-refractivity contribution in [2.75, 3.05) is 21.3 Å². The fourth-order valence-corrected chi connectivity index (χ4v) is 3.61. The van der Waals surface area contributed by atoms with Crippen molar-refractivity contribution in [3.05, 3.63) is 29.5 Å². The number of hydrogen-bond donors (Lipinski definition) is 1. The zero-order valence-electron chi connectivity index (χ0n) is 17.9. The standard InChI is InChI=1S/C22H29NO6/c1-7-8-16(24)18-15(12-22(2,3)19(20(18)25)21(26)29-6)23-14-10-9-13(27-4)11-17(14)28-5/h9-11,19,25H,7-8,12H2,1-6H3/t19-/m1/s1. The SMILES string of the molecule is CCCC(=O)C1=C(O)[C@H](C(=O)OC)C(C)(C)CC1=Nc1ccc(OC)cc1OC. The van der Waals surface area contributed by atoms with Gasteiger partial charge in [0.25, 0.3) is 0 Å². The molecule has 0 radical (unpaired) electrons. The number of aliphatic hydroxyl groups is 1. The molecule has 0 fully saturated rings. The highest BCUT2D eigenvalue weighted by Gasteiger charge is 2.47. The maximum absolute atomic E-state index is 12.8. The lowest BCUT2D eigenvalue weighted by molar-refractivity contribution is -0.149. The molecule has 29 heavy (non-hydrogen) atoms. The van der Waals surface area contributed by atoms with E-state index in [2.05, 4.69) is 4.99 Å². The topological polar surface area (TPSA) is 94.4 Å². The summed E-state index contributed by atoms with van der Waals surface area (Å²) in [5, 5.41) is 10.9. The van der Waals surface area contributed by atoms with Gasteiger partial charge in [0.2, 0.25) is 0 Å². The molecule has 1 aliphatic carbocycles. The van der Waals surface area contributed by atoms with Gasteiger partial charge >= 0.3 is 5.97 Å². The smallest absolute Gasteiger partial charge is 0.316 e. The summed E-state index contributed by atoms with van der Waals surface area (Å²) in [7, 11) is 4.34. The molecule has 0 unspecified atom stereocenters. The molecule has 1 aromatic rings. The van der Waals surface area contributed by atoms with Gasteiger partial charge < -0.3 is 19.3 Å². The summed E-state index contributed by atoms with van der Waals surface area (Å²) in [5.41, 5.74) is 0.338. The van der Waals surface area contributed by atoms with Crippen molar-refractivity contribution in [3.8, 4) is 11.5 Å². The first kappa shape index (κ1) is 22.5. The van der Waals surface area contributed by atoms with E-state index in [0.29, 0.717) is 35.7 Å². The number of allylic oxidation sites excluding steroid dienone is 1. The highest BCUT2D eigenvalue weighted by atomic mass is 16.5. The lowest BCUT2D eigenvalue weighted by atomic mass is 9.67. The molecular formula is C22H29NO6. The number of methoxy groups -OCH3 is 3. The first-order valence-corrected chi connectivity index (χ1v) is 9.54. The van der Waals surface area contributed by atoms with Crippen LogP contribution in [0.1, 0.15) is 40.0 Å². The van der Waals surface area contributed by atoms with Gasteiger partial charge in [0.15, 0.2) is 5.78 Å². The Kier molecular flexibility index (Phi) is 7.06. The number of ether oxygens (including phenoxy) is 3. The number of ketones is 1. The van der Waals surface area contributed by atoms with E-state index < -0.39 is 17.3 Å². The number of nitrogens with zero attached hydrogens (tertiary/aromatic N) is 1. The molecule has 7 heteroatoms. The molecule has 0 heterocycles. The number of carbonyl (C=O) groups excluding carboxylic acids is 2. The Morgan fingerprint density at radius 2 is 1.90 bits per heavy atom. The van der Waals surface area contributed by atoms with Crippen molar-refractivity contribution in [2.24, 2.45) is 16.3 Å². The summed E-state index contributed by atoms with van der Waals surface area (Å²) in [6, 6.07) is 5.16. The number of hydrogen-bond acceptors (Lipinski definition) is 7. The predicted molar refractivity (Wildman–Crippen MR) is 110 cm³/mol. The Labute approximate surface area is 171 Å². The Balaban J connectivity index is 2.68. The van der Waals surface area contributed by atoms with Crippen LogP contribution in [-0.2, 0) is 14.3 Å². The summed E-state index contributed by atoms with van der Waals surface area (Å²) < 4.78 is 15.5. The van der Waals surface area contributed by atoms with E-state index in [1.807, 2.05) is 20.8 Å². The highest BCUT2D eigenvalue weighted by molar-refractivity contribution is 6.24. The molecule has 1 atom stereocenters.